The molecule has 1 aliphatic rings. The van der Waals surface area contributed by atoms with Crippen molar-refractivity contribution in [2.75, 3.05) is 18.0 Å². The molecule has 0 bridgehead atoms. The normalized spacial score (nSPS) is 20.1. The van der Waals surface area contributed by atoms with E-state index in [1.807, 2.05) is 12.1 Å². The summed E-state index contributed by atoms with van der Waals surface area (Å²) in [6, 6.07) is 3.81. The summed E-state index contributed by atoms with van der Waals surface area (Å²) in [5, 5.41) is 9.69. The molecule has 3 rings (SSSR count). The van der Waals surface area contributed by atoms with E-state index in [4.69, 9.17) is 4.42 Å². The topological polar surface area (TPSA) is 62.4 Å². The van der Waals surface area contributed by atoms with Gasteiger partial charge >= 0.3 is 0 Å². The number of aliphatic hydroxyl groups excluding tert-OH is 1. The smallest absolute Gasteiger partial charge is 0.132 e. The molecule has 3 heterocycles. The Bertz CT molecular complexity index is 513. The lowest BCUT2D eigenvalue weighted by molar-refractivity contribution is 0.154. The van der Waals surface area contributed by atoms with E-state index in [-0.39, 0.29) is 6.10 Å². The Hall–Kier alpha value is -1.88. The van der Waals surface area contributed by atoms with Crippen LogP contribution in [0.2, 0.25) is 0 Å². The number of rotatable bonds is 2. The second kappa shape index (κ2) is 4.78. The van der Waals surface area contributed by atoms with Gasteiger partial charge in [-0.15, -0.1) is 0 Å². The van der Waals surface area contributed by atoms with Gasteiger partial charge in [0.05, 0.1) is 24.3 Å². The van der Waals surface area contributed by atoms with Crippen molar-refractivity contribution < 1.29 is 9.52 Å². The van der Waals surface area contributed by atoms with Crippen molar-refractivity contribution in [2.24, 2.45) is 0 Å². The third-order valence-electron chi connectivity index (χ3n) is 3.19. The Morgan fingerprint density at radius 2 is 2.33 bits per heavy atom. The van der Waals surface area contributed by atoms with E-state index >= 15 is 0 Å². The second-order valence-corrected chi connectivity index (χ2v) is 4.52. The average Bonchev–Trinajstić information content (AvgIpc) is 2.93. The van der Waals surface area contributed by atoms with Gasteiger partial charge < -0.3 is 14.4 Å². The standard InChI is InChI=1S/C13H15N3O2/c17-11-2-1-4-16(7-11)13-6-12(14-9-15-13)10-3-5-18-8-10/h3,5-6,8-9,11,17H,1-2,4,7H2. The number of piperidine rings is 1. The molecule has 1 aliphatic heterocycles. The summed E-state index contributed by atoms with van der Waals surface area (Å²) in [7, 11) is 0. The first-order valence-corrected chi connectivity index (χ1v) is 6.10. The Labute approximate surface area is 105 Å². The van der Waals surface area contributed by atoms with Crippen LogP contribution < -0.4 is 4.90 Å². The quantitative estimate of drug-likeness (QED) is 0.872. The molecular formula is C13H15N3O2. The Balaban J connectivity index is 1.86. The molecule has 0 aromatic carbocycles. The van der Waals surface area contributed by atoms with Gasteiger partial charge in [0.25, 0.3) is 0 Å². The van der Waals surface area contributed by atoms with Crippen LogP contribution in [0.1, 0.15) is 12.8 Å². The van der Waals surface area contributed by atoms with E-state index in [1.54, 1.807) is 18.9 Å². The summed E-state index contributed by atoms with van der Waals surface area (Å²) in [6.45, 7) is 1.57. The minimum Gasteiger partial charge on any atom is -0.472 e. The minimum absolute atomic E-state index is 0.258. The van der Waals surface area contributed by atoms with Crippen LogP contribution in [-0.4, -0.2) is 34.3 Å². The predicted molar refractivity (Wildman–Crippen MR) is 67.2 cm³/mol. The van der Waals surface area contributed by atoms with Gasteiger partial charge in [-0.3, -0.25) is 0 Å². The summed E-state index contributed by atoms with van der Waals surface area (Å²) in [5.74, 6) is 0.861. The molecular weight excluding hydrogens is 230 g/mol. The first kappa shape index (κ1) is 11.2. The van der Waals surface area contributed by atoms with Crippen LogP contribution in [0, 0.1) is 0 Å². The van der Waals surface area contributed by atoms with Crippen LogP contribution >= 0.6 is 0 Å². The van der Waals surface area contributed by atoms with Crippen LogP contribution in [0.25, 0.3) is 11.3 Å². The zero-order chi connectivity index (χ0) is 12.4. The summed E-state index contributed by atoms with van der Waals surface area (Å²) in [6.07, 6.45) is 6.45. The van der Waals surface area contributed by atoms with E-state index in [0.29, 0.717) is 6.54 Å². The Morgan fingerprint density at radius 1 is 1.39 bits per heavy atom. The maximum absolute atomic E-state index is 9.69. The lowest BCUT2D eigenvalue weighted by Crippen LogP contribution is -2.38. The van der Waals surface area contributed by atoms with Crippen LogP contribution in [0.5, 0.6) is 0 Å². The van der Waals surface area contributed by atoms with Gasteiger partial charge in [0.1, 0.15) is 12.1 Å². The largest absolute Gasteiger partial charge is 0.472 e. The fourth-order valence-electron chi connectivity index (χ4n) is 2.25. The molecule has 2 aromatic heterocycles. The van der Waals surface area contributed by atoms with Crippen LogP contribution in [0.4, 0.5) is 5.82 Å². The van der Waals surface area contributed by atoms with Crippen molar-refractivity contribution >= 4 is 5.82 Å². The van der Waals surface area contributed by atoms with Gasteiger partial charge in [0.15, 0.2) is 0 Å². The Morgan fingerprint density at radius 3 is 3.11 bits per heavy atom. The Kier molecular flexibility index (Phi) is 2.98. The van der Waals surface area contributed by atoms with Gasteiger partial charge in [0, 0.05) is 24.7 Å². The summed E-state index contributed by atoms with van der Waals surface area (Å²) < 4.78 is 5.06. The summed E-state index contributed by atoms with van der Waals surface area (Å²) in [5.41, 5.74) is 1.78. The number of nitrogens with zero attached hydrogens (tertiary/aromatic N) is 3. The van der Waals surface area contributed by atoms with Crippen LogP contribution in [-0.2, 0) is 0 Å². The summed E-state index contributed by atoms with van der Waals surface area (Å²) >= 11 is 0. The molecule has 0 saturated carbocycles. The molecule has 18 heavy (non-hydrogen) atoms. The molecule has 1 saturated heterocycles. The molecule has 1 unspecified atom stereocenters. The third-order valence-corrected chi connectivity index (χ3v) is 3.19. The second-order valence-electron chi connectivity index (χ2n) is 4.52. The first-order chi connectivity index (χ1) is 8.83. The molecule has 1 N–H and O–H groups in total. The number of aromatic nitrogens is 2. The maximum Gasteiger partial charge on any atom is 0.132 e. The van der Waals surface area contributed by atoms with Crippen molar-refractivity contribution in [3.05, 3.63) is 31.0 Å². The molecule has 94 valence electrons. The van der Waals surface area contributed by atoms with Crippen molar-refractivity contribution in [3.63, 3.8) is 0 Å². The molecule has 2 aromatic rings. The lowest BCUT2D eigenvalue weighted by atomic mass is 10.1. The van der Waals surface area contributed by atoms with Crippen molar-refractivity contribution in [1.29, 1.82) is 0 Å². The van der Waals surface area contributed by atoms with Crippen molar-refractivity contribution in [1.82, 2.24) is 9.97 Å². The zero-order valence-electron chi connectivity index (χ0n) is 9.99. The van der Waals surface area contributed by atoms with E-state index in [9.17, 15) is 5.11 Å². The molecule has 1 atom stereocenters. The highest BCUT2D eigenvalue weighted by molar-refractivity contribution is 5.61. The van der Waals surface area contributed by atoms with Crippen LogP contribution in [0.3, 0.4) is 0 Å². The van der Waals surface area contributed by atoms with Gasteiger partial charge in [-0.1, -0.05) is 0 Å². The highest BCUT2D eigenvalue weighted by atomic mass is 16.3. The maximum atomic E-state index is 9.69. The molecule has 0 amide bonds. The van der Waals surface area contributed by atoms with E-state index in [0.717, 1.165) is 36.5 Å². The van der Waals surface area contributed by atoms with Gasteiger partial charge in [-0.05, 0) is 18.9 Å². The highest BCUT2D eigenvalue weighted by Gasteiger charge is 2.19. The highest BCUT2D eigenvalue weighted by Crippen LogP contribution is 2.23. The average molecular weight is 245 g/mol. The predicted octanol–water partition coefficient (Wildman–Crippen LogP) is 1.70. The fourth-order valence-corrected chi connectivity index (χ4v) is 2.25. The van der Waals surface area contributed by atoms with Crippen molar-refractivity contribution in [2.45, 2.75) is 18.9 Å². The SMILES string of the molecule is OC1CCCN(c2cc(-c3ccoc3)ncn2)C1. The zero-order valence-corrected chi connectivity index (χ0v) is 9.99. The molecule has 0 spiro atoms. The minimum atomic E-state index is -0.258. The number of β-amino-alcohol motifs (C(OH)–C–C–N with tert-alkyl or cyclic N) is 1. The number of hydrogen-bond donors (Lipinski definition) is 1. The molecule has 0 radical (unpaired) electrons. The van der Waals surface area contributed by atoms with Crippen LogP contribution in [0.15, 0.2) is 35.4 Å². The van der Waals surface area contributed by atoms with E-state index in [2.05, 4.69) is 14.9 Å². The number of anilines is 1. The molecule has 5 heteroatoms. The van der Waals surface area contributed by atoms with Gasteiger partial charge in [-0.2, -0.15) is 0 Å². The fraction of sp³-hybridized carbons (Fsp3) is 0.385. The van der Waals surface area contributed by atoms with E-state index < -0.39 is 0 Å². The molecule has 1 fully saturated rings. The molecule has 5 nitrogen and oxygen atoms in total. The van der Waals surface area contributed by atoms with Gasteiger partial charge in [0.2, 0.25) is 0 Å². The molecule has 0 aliphatic carbocycles. The van der Waals surface area contributed by atoms with Crippen molar-refractivity contribution in [3.8, 4) is 11.3 Å². The number of hydrogen-bond acceptors (Lipinski definition) is 5. The number of furan rings is 1. The van der Waals surface area contributed by atoms with E-state index in [1.165, 1.54) is 0 Å². The third kappa shape index (κ3) is 2.22. The lowest BCUT2D eigenvalue weighted by Gasteiger charge is -2.30. The van der Waals surface area contributed by atoms with Gasteiger partial charge in [-0.25, -0.2) is 9.97 Å². The monoisotopic (exact) mass is 245 g/mol. The first-order valence-electron chi connectivity index (χ1n) is 6.10. The number of aliphatic hydroxyl groups is 1. The summed E-state index contributed by atoms with van der Waals surface area (Å²) in [4.78, 5) is 10.6.